The largest absolute Gasteiger partial charge is 0.478 e. The van der Waals surface area contributed by atoms with E-state index in [9.17, 15) is 14.4 Å². The van der Waals surface area contributed by atoms with E-state index in [1.165, 1.54) is 18.3 Å². The molecule has 0 saturated carbocycles. The topological polar surface area (TPSA) is 145 Å². The van der Waals surface area contributed by atoms with Gasteiger partial charge in [0.25, 0.3) is 5.91 Å². The van der Waals surface area contributed by atoms with Crippen LogP contribution in [0.1, 0.15) is 54.5 Å². The van der Waals surface area contributed by atoms with Gasteiger partial charge in [-0.3, -0.25) is 9.78 Å². The molecule has 1 rings (SSSR count). The summed E-state index contributed by atoms with van der Waals surface area (Å²) in [6.07, 6.45) is 2.14. The minimum atomic E-state index is -1.11. The predicted molar refractivity (Wildman–Crippen MR) is 119 cm³/mol. The average Bonchev–Trinajstić information content (AvgIpc) is 2.75. The number of nitrogens with one attached hydrogen (secondary N) is 2. The smallest absolute Gasteiger partial charge is 0.407 e. The van der Waals surface area contributed by atoms with E-state index < -0.39 is 23.6 Å². The zero-order chi connectivity index (χ0) is 24.5. The summed E-state index contributed by atoms with van der Waals surface area (Å²) >= 11 is 0. The Labute approximate surface area is 194 Å². The van der Waals surface area contributed by atoms with E-state index in [4.69, 9.17) is 24.1 Å². The molecule has 0 unspecified atom stereocenters. The Balaban J connectivity index is 1.89. The molecule has 186 valence electrons. The summed E-state index contributed by atoms with van der Waals surface area (Å²) in [7, 11) is 0. The van der Waals surface area contributed by atoms with Crippen molar-refractivity contribution in [3.8, 4) is 0 Å². The van der Waals surface area contributed by atoms with E-state index in [0.29, 0.717) is 65.6 Å². The van der Waals surface area contributed by atoms with Crippen molar-refractivity contribution in [1.29, 1.82) is 0 Å². The zero-order valence-electron chi connectivity index (χ0n) is 19.6. The summed E-state index contributed by atoms with van der Waals surface area (Å²) < 4.78 is 21.4. The normalized spacial score (nSPS) is 11.1. The Hall–Kier alpha value is -2.76. The summed E-state index contributed by atoms with van der Waals surface area (Å²) in [5, 5.41) is 14.3. The van der Waals surface area contributed by atoms with Gasteiger partial charge in [0.1, 0.15) is 11.3 Å². The molecule has 33 heavy (non-hydrogen) atoms. The van der Waals surface area contributed by atoms with E-state index in [1.807, 2.05) is 20.8 Å². The van der Waals surface area contributed by atoms with Gasteiger partial charge in [-0.15, -0.1) is 0 Å². The lowest BCUT2D eigenvalue weighted by molar-refractivity contribution is 0.0136. The van der Waals surface area contributed by atoms with Crippen LogP contribution >= 0.6 is 0 Å². The monoisotopic (exact) mass is 469 g/mol. The van der Waals surface area contributed by atoms with Gasteiger partial charge in [-0.05, 0) is 45.7 Å². The van der Waals surface area contributed by atoms with Crippen LogP contribution in [-0.4, -0.2) is 86.4 Å². The summed E-state index contributed by atoms with van der Waals surface area (Å²) in [5.74, 6) is -1.54. The summed E-state index contributed by atoms with van der Waals surface area (Å²) in [6, 6.07) is 2.56. The van der Waals surface area contributed by atoms with Gasteiger partial charge in [-0.1, -0.05) is 0 Å². The van der Waals surface area contributed by atoms with Crippen molar-refractivity contribution >= 4 is 18.0 Å². The van der Waals surface area contributed by atoms with Crippen LogP contribution in [0.2, 0.25) is 0 Å². The fourth-order valence-electron chi connectivity index (χ4n) is 2.38. The minimum Gasteiger partial charge on any atom is -0.478 e. The SMILES string of the molecule is CC(C)(C)OC(=O)NCCCOCCOCCOCCCNC(=O)c1cc(C(=O)O)ccn1. The van der Waals surface area contributed by atoms with Crippen molar-refractivity contribution in [2.24, 2.45) is 0 Å². The number of carboxylic acid groups (broad SMARTS) is 1. The maximum Gasteiger partial charge on any atom is 0.407 e. The molecule has 1 aromatic heterocycles. The van der Waals surface area contributed by atoms with Gasteiger partial charge in [0.15, 0.2) is 0 Å². The number of amides is 2. The highest BCUT2D eigenvalue weighted by Gasteiger charge is 2.15. The van der Waals surface area contributed by atoms with Gasteiger partial charge in [0, 0.05) is 32.5 Å². The highest BCUT2D eigenvalue weighted by molar-refractivity contribution is 5.95. The van der Waals surface area contributed by atoms with Crippen molar-refractivity contribution < 1.29 is 38.4 Å². The molecule has 11 nitrogen and oxygen atoms in total. The van der Waals surface area contributed by atoms with Crippen LogP contribution in [0.5, 0.6) is 0 Å². The molecule has 0 bridgehead atoms. The lowest BCUT2D eigenvalue weighted by Gasteiger charge is -2.19. The molecular formula is C22H35N3O8. The molecule has 0 fully saturated rings. The number of carboxylic acids is 1. The molecule has 0 atom stereocenters. The molecule has 0 aromatic carbocycles. The highest BCUT2D eigenvalue weighted by atomic mass is 16.6. The molecule has 0 saturated heterocycles. The van der Waals surface area contributed by atoms with Crippen LogP contribution < -0.4 is 10.6 Å². The molecule has 0 aliphatic rings. The van der Waals surface area contributed by atoms with Gasteiger partial charge in [-0.25, -0.2) is 9.59 Å². The molecule has 0 radical (unpaired) electrons. The Kier molecular flexibility index (Phi) is 13.7. The third-order valence-corrected chi connectivity index (χ3v) is 3.87. The minimum absolute atomic E-state index is 0.0130. The second-order valence-corrected chi connectivity index (χ2v) is 7.96. The number of hydrogen-bond donors (Lipinski definition) is 3. The van der Waals surface area contributed by atoms with Crippen LogP contribution in [0.4, 0.5) is 4.79 Å². The quantitative estimate of drug-likeness (QED) is 0.309. The summed E-state index contributed by atoms with van der Waals surface area (Å²) in [4.78, 5) is 38.2. The fraction of sp³-hybridized carbons (Fsp3) is 0.636. The van der Waals surface area contributed by atoms with Crippen LogP contribution in [-0.2, 0) is 18.9 Å². The molecule has 1 aromatic rings. The number of carbonyl (C=O) groups excluding carboxylic acids is 2. The number of rotatable bonds is 16. The van der Waals surface area contributed by atoms with Gasteiger partial charge >= 0.3 is 12.1 Å². The lowest BCUT2D eigenvalue weighted by Crippen LogP contribution is -2.33. The maximum atomic E-state index is 12.0. The lowest BCUT2D eigenvalue weighted by atomic mass is 10.2. The summed E-state index contributed by atoms with van der Waals surface area (Å²) in [5.41, 5.74) is -0.433. The Morgan fingerprint density at radius 1 is 0.909 bits per heavy atom. The van der Waals surface area contributed by atoms with Crippen LogP contribution in [0.15, 0.2) is 18.3 Å². The molecule has 0 aliphatic carbocycles. The number of alkyl carbamates (subject to hydrolysis) is 1. The third kappa shape index (κ3) is 14.8. The van der Waals surface area contributed by atoms with Crippen molar-refractivity contribution in [2.75, 3.05) is 52.7 Å². The number of aromatic nitrogens is 1. The number of nitrogens with zero attached hydrogens (tertiary/aromatic N) is 1. The molecule has 0 spiro atoms. The molecule has 1 heterocycles. The van der Waals surface area contributed by atoms with E-state index in [0.717, 1.165) is 0 Å². The van der Waals surface area contributed by atoms with E-state index in [1.54, 1.807) is 0 Å². The predicted octanol–water partition coefficient (Wildman–Crippen LogP) is 1.86. The first-order valence-electron chi connectivity index (χ1n) is 10.9. The second kappa shape index (κ2) is 15.9. The van der Waals surface area contributed by atoms with Crippen molar-refractivity contribution in [1.82, 2.24) is 15.6 Å². The van der Waals surface area contributed by atoms with Crippen LogP contribution in [0.3, 0.4) is 0 Å². The van der Waals surface area contributed by atoms with Crippen molar-refractivity contribution in [3.05, 3.63) is 29.6 Å². The first-order valence-corrected chi connectivity index (χ1v) is 10.9. The molecule has 2 amide bonds. The fourth-order valence-corrected chi connectivity index (χ4v) is 2.38. The van der Waals surface area contributed by atoms with E-state index in [2.05, 4.69) is 15.6 Å². The Morgan fingerprint density at radius 3 is 2.00 bits per heavy atom. The number of ether oxygens (including phenoxy) is 4. The highest BCUT2D eigenvalue weighted by Crippen LogP contribution is 2.06. The number of carbonyl (C=O) groups is 3. The first-order chi connectivity index (χ1) is 15.7. The van der Waals surface area contributed by atoms with Crippen molar-refractivity contribution in [3.63, 3.8) is 0 Å². The Bertz CT molecular complexity index is 737. The van der Waals surface area contributed by atoms with Gasteiger partial charge in [0.05, 0.1) is 32.0 Å². The maximum absolute atomic E-state index is 12.0. The van der Waals surface area contributed by atoms with Crippen LogP contribution in [0.25, 0.3) is 0 Å². The molecule has 11 heteroatoms. The standard InChI is InChI=1S/C22H35N3O8/c1-22(2,3)33-21(29)25-8-5-11-31-13-15-32-14-12-30-10-4-7-24-19(26)18-16-17(20(27)28)6-9-23-18/h6,9,16H,4-5,7-8,10-15H2,1-3H3,(H,24,26)(H,25,29)(H,27,28). The first kappa shape index (κ1) is 28.3. The van der Waals surface area contributed by atoms with Crippen molar-refractivity contribution in [2.45, 2.75) is 39.2 Å². The van der Waals surface area contributed by atoms with Gasteiger partial charge in [-0.2, -0.15) is 0 Å². The Morgan fingerprint density at radius 2 is 1.45 bits per heavy atom. The number of aromatic carboxylic acids is 1. The zero-order valence-corrected chi connectivity index (χ0v) is 19.6. The van der Waals surface area contributed by atoms with Crippen LogP contribution in [0, 0.1) is 0 Å². The van der Waals surface area contributed by atoms with Gasteiger partial charge < -0.3 is 34.7 Å². The third-order valence-electron chi connectivity index (χ3n) is 3.87. The van der Waals surface area contributed by atoms with E-state index in [-0.39, 0.29) is 11.3 Å². The molecular weight excluding hydrogens is 434 g/mol. The number of pyridine rings is 1. The molecule has 0 aliphatic heterocycles. The summed E-state index contributed by atoms with van der Waals surface area (Å²) in [6.45, 7) is 9.02. The average molecular weight is 470 g/mol. The second-order valence-electron chi connectivity index (χ2n) is 7.96. The molecule has 3 N–H and O–H groups in total. The van der Waals surface area contributed by atoms with E-state index >= 15 is 0 Å². The van der Waals surface area contributed by atoms with Gasteiger partial charge in [0.2, 0.25) is 0 Å². The number of hydrogen-bond acceptors (Lipinski definition) is 8.